The highest BCUT2D eigenvalue weighted by atomic mass is 16.5. The van der Waals surface area contributed by atoms with E-state index >= 15 is 0 Å². The number of primary amides is 1. The zero-order valence-electron chi connectivity index (χ0n) is 12.3. The molecule has 0 saturated heterocycles. The number of carbonyl (C=O) groups excluding carboxylic acids is 3. The summed E-state index contributed by atoms with van der Waals surface area (Å²) in [5.41, 5.74) is 5.64. The van der Waals surface area contributed by atoms with Crippen LogP contribution in [0.1, 0.15) is 34.1 Å². The second-order valence-electron chi connectivity index (χ2n) is 4.77. The van der Waals surface area contributed by atoms with Gasteiger partial charge in [0.25, 0.3) is 5.91 Å². The van der Waals surface area contributed by atoms with Gasteiger partial charge in [-0.2, -0.15) is 5.26 Å². The lowest BCUT2D eigenvalue weighted by Crippen LogP contribution is -2.45. The average Bonchev–Trinajstić information content (AvgIpc) is 2.53. The molecule has 7 nitrogen and oxygen atoms in total. The number of ether oxygens (including phenoxy) is 1. The van der Waals surface area contributed by atoms with Crippen molar-refractivity contribution in [3.8, 4) is 6.07 Å². The molecule has 1 aromatic rings. The summed E-state index contributed by atoms with van der Waals surface area (Å²) >= 11 is 0. The lowest BCUT2D eigenvalue weighted by molar-refractivity contribution is -0.120. The lowest BCUT2D eigenvalue weighted by Gasteiger charge is -2.16. The summed E-state index contributed by atoms with van der Waals surface area (Å²) in [5.74, 6) is -2.28. The van der Waals surface area contributed by atoms with Crippen molar-refractivity contribution in [3.63, 3.8) is 0 Å². The molecule has 1 aromatic carbocycles. The van der Waals surface area contributed by atoms with Crippen LogP contribution in [0.3, 0.4) is 0 Å². The number of nitrogens with two attached hydrogens (primary N) is 1. The Morgan fingerprint density at radius 1 is 1.36 bits per heavy atom. The van der Waals surface area contributed by atoms with Crippen molar-refractivity contribution < 1.29 is 19.1 Å². The van der Waals surface area contributed by atoms with E-state index in [9.17, 15) is 14.4 Å². The molecule has 0 radical (unpaired) electrons. The molecule has 0 aliphatic heterocycles. The second-order valence-corrected chi connectivity index (χ2v) is 4.77. The van der Waals surface area contributed by atoms with Crippen molar-refractivity contribution >= 4 is 17.8 Å². The van der Waals surface area contributed by atoms with Crippen molar-refractivity contribution in [1.82, 2.24) is 5.32 Å². The molecule has 22 heavy (non-hydrogen) atoms. The van der Waals surface area contributed by atoms with Crippen LogP contribution in [0.25, 0.3) is 0 Å². The number of nitrogens with one attached hydrogen (secondary N) is 1. The number of hydrogen-bond donors (Lipinski definition) is 2. The van der Waals surface area contributed by atoms with Gasteiger partial charge in [-0.25, -0.2) is 4.79 Å². The molecule has 0 heterocycles. The third-order valence-electron chi connectivity index (χ3n) is 3.00. The Morgan fingerprint density at radius 3 is 2.55 bits per heavy atom. The Balaban J connectivity index is 2.89. The molecule has 0 aromatic heterocycles. The van der Waals surface area contributed by atoms with Gasteiger partial charge < -0.3 is 15.8 Å². The summed E-state index contributed by atoms with van der Waals surface area (Å²) in [7, 11) is 1.24. The van der Waals surface area contributed by atoms with E-state index in [2.05, 4.69) is 10.1 Å². The molecule has 116 valence electrons. The highest BCUT2D eigenvalue weighted by Crippen LogP contribution is 2.09. The van der Waals surface area contributed by atoms with E-state index in [-0.39, 0.29) is 17.5 Å². The fourth-order valence-electron chi connectivity index (χ4n) is 1.80. The number of esters is 1. The van der Waals surface area contributed by atoms with Crippen molar-refractivity contribution in [2.45, 2.75) is 19.4 Å². The van der Waals surface area contributed by atoms with Crippen LogP contribution in [0, 0.1) is 17.2 Å². The number of amides is 2. The molecule has 7 heteroatoms. The first-order valence-electron chi connectivity index (χ1n) is 6.57. The minimum Gasteiger partial charge on any atom is -0.465 e. The van der Waals surface area contributed by atoms with Crippen LogP contribution < -0.4 is 11.1 Å². The van der Waals surface area contributed by atoms with Crippen molar-refractivity contribution in [3.05, 3.63) is 35.4 Å². The van der Waals surface area contributed by atoms with Crippen LogP contribution in [0.2, 0.25) is 0 Å². The summed E-state index contributed by atoms with van der Waals surface area (Å²) in [6, 6.07) is 6.90. The molecule has 1 rings (SSSR count). The second kappa shape index (κ2) is 7.78. The van der Waals surface area contributed by atoms with Crippen LogP contribution in [-0.4, -0.2) is 30.9 Å². The first kappa shape index (κ1) is 17.2. The van der Waals surface area contributed by atoms with Gasteiger partial charge in [-0.1, -0.05) is 6.07 Å². The largest absolute Gasteiger partial charge is 0.465 e. The average molecular weight is 303 g/mol. The van der Waals surface area contributed by atoms with Gasteiger partial charge in [0, 0.05) is 11.5 Å². The van der Waals surface area contributed by atoms with E-state index in [1.54, 1.807) is 6.92 Å². The van der Waals surface area contributed by atoms with Gasteiger partial charge in [0.05, 0.1) is 18.7 Å². The predicted molar refractivity (Wildman–Crippen MR) is 77.6 cm³/mol. The number of nitrogens with zero attached hydrogens (tertiary/aromatic N) is 1. The van der Waals surface area contributed by atoms with Gasteiger partial charge in [0.15, 0.2) is 0 Å². The fraction of sp³-hybridized carbons (Fsp3) is 0.333. The summed E-state index contributed by atoms with van der Waals surface area (Å²) in [6.07, 6.45) is 0.119. The third kappa shape index (κ3) is 4.59. The number of hydrogen-bond acceptors (Lipinski definition) is 5. The summed E-state index contributed by atoms with van der Waals surface area (Å²) in [6.45, 7) is 1.62. The Hall–Kier alpha value is -2.88. The monoisotopic (exact) mass is 303 g/mol. The maximum absolute atomic E-state index is 12.1. The highest BCUT2D eigenvalue weighted by molar-refractivity contribution is 5.99. The van der Waals surface area contributed by atoms with Crippen molar-refractivity contribution in [1.29, 1.82) is 5.26 Å². The molecular formula is C15H17N3O4. The minimum absolute atomic E-state index is 0.119. The minimum atomic E-state index is -0.955. The standard InChI is InChI=1S/C15H17N3O4/c1-9(8-16)6-12(13(17)19)18-14(20)10-4-3-5-11(7-10)15(21)22-2/h3-5,7,9,12H,6H2,1-2H3,(H2,17,19)(H,18,20)/t9-,12+/m0/s1. The number of carbonyl (C=O) groups is 3. The molecule has 0 unspecified atom stereocenters. The maximum Gasteiger partial charge on any atom is 0.337 e. The number of methoxy groups -OCH3 is 1. The molecule has 3 N–H and O–H groups in total. The van der Waals surface area contributed by atoms with Gasteiger partial charge >= 0.3 is 5.97 Å². The van der Waals surface area contributed by atoms with Gasteiger partial charge in [0.2, 0.25) is 5.91 Å². The summed E-state index contributed by atoms with van der Waals surface area (Å²) in [4.78, 5) is 34.9. The molecule has 0 spiro atoms. The van der Waals surface area contributed by atoms with E-state index in [0.717, 1.165) is 0 Å². The number of rotatable bonds is 6. The van der Waals surface area contributed by atoms with Crippen LogP contribution in [0.5, 0.6) is 0 Å². The Kier molecular flexibility index (Phi) is 6.08. The Labute approximate surface area is 128 Å². The van der Waals surface area contributed by atoms with Gasteiger partial charge in [-0.15, -0.1) is 0 Å². The van der Waals surface area contributed by atoms with E-state index in [1.165, 1.54) is 31.4 Å². The van der Waals surface area contributed by atoms with E-state index < -0.39 is 29.7 Å². The van der Waals surface area contributed by atoms with Crippen LogP contribution in [-0.2, 0) is 9.53 Å². The van der Waals surface area contributed by atoms with Gasteiger partial charge in [-0.3, -0.25) is 9.59 Å². The molecule has 0 fully saturated rings. The van der Waals surface area contributed by atoms with E-state index in [4.69, 9.17) is 11.0 Å². The normalized spacial score (nSPS) is 12.6. The molecule has 0 aliphatic rings. The van der Waals surface area contributed by atoms with Crippen molar-refractivity contribution in [2.24, 2.45) is 11.7 Å². The van der Waals surface area contributed by atoms with E-state index in [1.807, 2.05) is 6.07 Å². The van der Waals surface area contributed by atoms with Crippen LogP contribution in [0.4, 0.5) is 0 Å². The topological polar surface area (TPSA) is 122 Å². The van der Waals surface area contributed by atoms with Crippen molar-refractivity contribution in [2.75, 3.05) is 7.11 Å². The Morgan fingerprint density at radius 2 is 2.00 bits per heavy atom. The Bertz CT molecular complexity index is 621. The lowest BCUT2D eigenvalue weighted by atomic mass is 10.0. The van der Waals surface area contributed by atoms with Gasteiger partial charge in [-0.05, 0) is 31.5 Å². The van der Waals surface area contributed by atoms with E-state index in [0.29, 0.717) is 0 Å². The van der Waals surface area contributed by atoms with Gasteiger partial charge in [0.1, 0.15) is 6.04 Å². The van der Waals surface area contributed by atoms with Crippen LogP contribution in [0.15, 0.2) is 24.3 Å². The molecular weight excluding hydrogens is 286 g/mol. The molecule has 0 aliphatic carbocycles. The quantitative estimate of drug-likeness (QED) is 0.745. The first-order chi connectivity index (χ1) is 10.4. The van der Waals surface area contributed by atoms with Crippen LogP contribution >= 0.6 is 0 Å². The first-order valence-corrected chi connectivity index (χ1v) is 6.57. The zero-order valence-corrected chi connectivity index (χ0v) is 12.3. The summed E-state index contributed by atoms with van der Waals surface area (Å²) < 4.78 is 4.58. The number of benzene rings is 1. The maximum atomic E-state index is 12.1. The SMILES string of the molecule is COC(=O)c1cccc(C(=O)N[C@H](C[C@H](C)C#N)C(N)=O)c1. The third-order valence-corrected chi connectivity index (χ3v) is 3.00. The zero-order chi connectivity index (χ0) is 16.7. The molecule has 2 atom stereocenters. The number of nitriles is 1. The molecule has 0 bridgehead atoms. The molecule has 0 saturated carbocycles. The smallest absolute Gasteiger partial charge is 0.337 e. The highest BCUT2D eigenvalue weighted by Gasteiger charge is 2.22. The molecule has 2 amide bonds. The predicted octanol–water partition coefficient (Wildman–Crippen LogP) is 0.607. The fourth-order valence-corrected chi connectivity index (χ4v) is 1.80. The summed E-state index contributed by atoms with van der Waals surface area (Å²) in [5, 5.41) is 11.2.